The summed E-state index contributed by atoms with van der Waals surface area (Å²) in [7, 11) is 0. The third kappa shape index (κ3) is 3.48. The third-order valence-corrected chi connectivity index (χ3v) is 4.49. The predicted octanol–water partition coefficient (Wildman–Crippen LogP) is 5.52. The third-order valence-electron chi connectivity index (χ3n) is 2.36. The average molecular weight is 319 g/mol. The number of rotatable bonds is 3. The number of anilines is 1. The van der Waals surface area contributed by atoms with Gasteiger partial charge in [0, 0.05) is 10.6 Å². The first kappa shape index (κ1) is 13.9. The molecule has 0 fully saturated rings. The molecule has 0 heterocycles. The van der Waals surface area contributed by atoms with E-state index in [1.54, 1.807) is 23.9 Å². The fraction of sp³-hybridized carbons (Fsp3) is 0.0769. The first-order chi connectivity index (χ1) is 8.56. The van der Waals surface area contributed by atoms with E-state index < -0.39 is 0 Å². The molecule has 0 saturated carbocycles. The van der Waals surface area contributed by atoms with Gasteiger partial charge < -0.3 is 5.73 Å². The standard InChI is InChI=1S/C13H10Cl3NS/c14-10-3-1-8(5-11(10)15)7-18-9-2-4-13(17)12(16)6-9/h1-6H,7,17H2. The van der Waals surface area contributed by atoms with Crippen molar-refractivity contribution in [3.63, 3.8) is 0 Å². The smallest absolute Gasteiger partial charge is 0.0646 e. The number of halogens is 3. The van der Waals surface area contributed by atoms with Crippen LogP contribution in [-0.2, 0) is 5.75 Å². The van der Waals surface area contributed by atoms with Crippen LogP contribution in [0.5, 0.6) is 0 Å². The highest BCUT2D eigenvalue weighted by atomic mass is 35.5. The minimum absolute atomic E-state index is 0.570. The Morgan fingerprint density at radius 3 is 2.33 bits per heavy atom. The number of benzene rings is 2. The van der Waals surface area contributed by atoms with Gasteiger partial charge in [-0.15, -0.1) is 11.8 Å². The van der Waals surface area contributed by atoms with E-state index in [-0.39, 0.29) is 0 Å². The lowest BCUT2D eigenvalue weighted by molar-refractivity contribution is 1.38. The number of nitrogens with two attached hydrogens (primary N) is 1. The molecule has 5 heteroatoms. The summed E-state index contributed by atoms with van der Waals surface area (Å²) in [6.07, 6.45) is 0. The summed E-state index contributed by atoms with van der Waals surface area (Å²) in [5.74, 6) is 0.803. The molecule has 0 unspecified atom stereocenters. The van der Waals surface area contributed by atoms with E-state index in [0.29, 0.717) is 20.8 Å². The zero-order chi connectivity index (χ0) is 13.1. The van der Waals surface area contributed by atoms with Gasteiger partial charge in [0.05, 0.1) is 20.8 Å². The monoisotopic (exact) mass is 317 g/mol. The van der Waals surface area contributed by atoms with Crippen LogP contribution in [0.3, 0.4) is 0 Å². The van der Waals surface area contributed by atoms with Crippen LogP contribution in [0.25, 0.3) is 0 Å². The molecule has 0 aliphatic carbocycles. The summed E-state index contributed by atoms with van der Waals surface area (Å²) in [6.45, 7) is 0. The van der Waals surface area contributed by atoms with Gasteiger partial charge >= 0.3 is 0 Å². The lowest BCUT2D eigenvalue weighted by Gasteiger charge is -2.05. The molecule has 0 amide bonds. The van der Waals surface area contributed by atoms with Gasteiger partial charge in [0.1, 0.15) is 0 Å². The topological polar surface area (TPSA) is 26.0 Å². The molecule has 0 aliphatic heterocycles. The van der Waals surface area contributed by atoms with Crippen molar-refractivity contribution in [3.8, 4) is 0 Å². The van der Waals surface area contributed by atoms with E-state index in [0.717, 1.165) is 16.2 Å². The van der Waals surface area contributed by atoms with E-state index in [9.17, 15) is 0 Å². The highest BCUT2D eigenvalue weighted by Gasteiger charge is 2.02. The molecule has 0 radical (unpaired) electrons. The van der Waals surface area contributed by atoms with Crippen molar-refractivity contribution in [2.24, 2.45) is 0 Å². The number of thioether (sulfide) groups is 1. The van der Waals surface area contributed by atoms with Gasteiger partial charge in [0.2, 0.25) is 0 Å². The van der Waals surface area contributed by atoms with E-state index in [4.69, 9.17) is 40.5 Å². The Labute approximate surface area is 125 Å². The van der Waals surface area contributed by atoms with E-state index >= 15 is 0 Å². The van der Waals surface area contributed by atoms with Gasteiger partial charge in [0.15, 0.2) is 0 Å². The quantitative estimate of drug-likeness (QED) is 0.595. The second kappa shape index (κ2) is 6.07. The zero-order valence-corrected chi connectivity index (χ0v) is 12.4. The van der Waals surface area contributed by atoms with Crippen LogP contribution >= 0.6 is 46.6 Å². The lowest BCUT2D eigenvalue weighted by atomic mass is 10.2. The van der Waals surface area contributed by atoms with Gasteiger partial charge in [-0.25, -0.2) is 0 Å². The van der Waals surface area contributed by atoms with Crippen molar-refractivity contribution in [2.45, 2.75) is 10.6 Å². The SMILES string of the molecule is Nc1ccc(SCc2ccc(Cl)c(Cl)c2)cc1Cl. The fourth-order valence-electron chi connectivity index (χ4n) is 1.39. The summed E-state index contributed by atoms with van der Waals surface area (Å²) in [5.41, 5.74) is 7.37. The Balaban J connectivity index is 2.06. The van der Waals surface area contributed by atoms with Crippen LogP contribution in [0.4, 0.5) is 5.69 Å². The maximum Gasteiger partial charge on any atom is 0.0646 e. The molecule has 0 saturated heterocycles. The Morgan fingerprint density at radius 2 is 1.67 bits per heavy atom. The summed E-state index contributed by atoms with van der Waals surface area (Å²) < 4.78 is 0. The molecular formula is C13H10Cl3NS. The molecule has 0 bridgehead atoms. The molecule has 2 aromatic carbocycles. The summed E-state index contributed by atoms with van der Waals surface area (Å²) >= 11 is 19.5. The van der Waals surface area contributed by atoms with Gasteiger partial charge in [-0.05, 0) is 35.9 Å². The highest BCUT2D eigenvalue weighted by Crippen LogP contribution is 2.30. The van der Waals surface area contributed by atoms with Crippen molar-refractivity contribution in [2.75, 3.05) is 5.73 Å². The molecule has 94 valence electrons. The molecular weight excluding hydrogens is 309 g/mol. The zero-order valence-electron chi connectivity index (χ0n) is 9.29. The largest absolute Gasteiger partial charge is 0.398 e. The van der Waals surface area contributed by atoms with Crippen LogP contribution in [0, 0.1) is 0 Å². The molecule has 0 aromatic heterocycles. The minimum atomic E-state index is 0.570. The average Bonchev–Trinajstić information content (AvgIpc) is 2.35. The highest BCUT2D eigenvalue weighted by molar-refractivity contribution is 7.98. The summed E-state index contributed by atoms with van der Waals surface area (Å²) in [4.78, 5) is 1.07. The van der Waals surface area contributed by atoms with Gasteiger partial charge in [-0.2, -0.15) is 0 Å². The fourth-order valence-corrected chi connectivity index (χ4v) is 2.84. The lowest BCUT2D eigenvalue weighted by Crippen LogP contribution is -1.86. The molecule has 0 atom stereocenters. The summed E-state index contributed by atoms with van der Waals surface area (Å²) in [6, 6.07) is 11.2. The molecule has 2 aromatic rings. The van der Waals surface area contributed by atoms with Crippen LogP contribution in [-0.4, -0.2) is 0 Å². The molecule has 0 aliphatic rings. The molecule has 0 spiro atoms. The van der Waals surface area contributed by atoms with Gasteiger partial charge in [0.25, 0.3) is 0 Å². The normalized spacial score (nSPS) is 10.6. The van der Waals surface area contributed by atoms with Crippen molar-refractivity contribution < 1.29 is 0 Å². The predicted molar refractivity (Wildman–Crippen MR) is 81.9 cm³/mol. The second-order valence-corrected chi connectivity index (χ2v) is 5.99. The maximum atomic E-state index is 5.96. The summed E-state index contributed by atoms with van der Waals surface area (Å²) in [5, 5.41) is 1.72. The number of nitrogen functional groups attached to an aromatic ring is 1. The number of hydrogen-bond acceptors (Lipinski definition) is 2. The van der Waals surface area contributed by atoms with Crippen molar-refractivity contribution in [1.82, 2.24) is 0 Å². The van der Waals surface area contributed by atoms with Gasteiger partial charge in [-0.1, -0.05) is 40.9 Å². The first-order valence-electron chi connectivity index (χ1n) is 5.18. The van der Waals surface area contributed by atoms with Crippen LogP contribution in [0.1, 0.15) is 5.56 Å². The van der Waals surface area contributed by atoms with Crippen molar-refractivity contribution >= 4 is 52.3 Å². The Bertz CT molecular complexity index is 521. The second-order valence-electron chi connectivity index (χ2n) is 3.72. The minimum Gasteiger partial charge on any atom is -0.398 e. The van der Waals surface area contributed by atoms with Crippen LogP contribution < -0.4 is 5.73 Å². The Hall–Kier alpha value is -0.540. The van der Waals surface area contributed by atoms with E-state index in [1.165, 1.54) is 0 Å². The van der Waals surface area contributed by atoms with Crippen LogP contribution in [0.15, 0.2) is 41.3 Å². The van der Waals surface area contributed by atoms with Gasteiger partial charge in [-0.3, -0.25) is 0 Å². The van der Waals surface area contributed by atoms with E-state index in [1.807, 2.05) is 24.3 Å². The Morgan fingerprint density at radius 1 is 0.889 bits per heavy atom. The molecule has 2 N–H and O–H groups in total. The van der Waals surface area contributed by atoms with Crippen molar-refractivity contribution in [3.05, 3.63) is 57.0 Å². The van der Waals surface area contributed by atoms with E-state index in [2.05, 4.69) is 0 Å². The van der Waals surface area contributed by atoms with Crippen LogP contribution in [0.2, 0.25) is 15.1 Å². The molecule has 2 rings (SSSR count). The Kier molecular flexibility index (Phi) is 4.68. The first-order valence-corrected chi connectivity index (χ1v) is 7.30. The molecule has 18 heavy (non-hydrogen) atoms. The molecule has 1 nitrogen and oxygen atoms in total. The van der Waals surface area contributed by atoms with Crippen molar-refractivity contribution in [1.29, 1.82) is 0 Å². The number of hydrogen-bond donors (Lipinski definition) is 1. The maximum absolute atomic E-state index is 5.96.